The lowest BCUT2D eigenvalue weighted by Gasteiger charge is -2.42. The van der Waals surface area contributed by atoms with Gasteiger partial charge < -0.3 is 4.90 Å². The van der Waals surface area contributed by atoms with Crippen LogP contribution in [0.5, 0.6) is 0 Å². The zero-order valence-corrected chi connectivity index (χ0v) is 15.5. The van der Waals surface area contributed by atoms with Crippen LogP contribution in [0.2, 0.25) is 0 Å². The molecule has 0 amide bonds. The van der Waals surface area contributed by atoms with Gasteiger partial charge in [0, 0.05) is 17.9 Å². The Morgan fingerprint density at radius 1 is 1.08 bits per heavy atom. The number of fused-ring (bicyclic) bond motifs is 1. The van der Waals surface area contributed by atoms with Gasteiger partial charge in [-0.1, -0.05) is 75.9 Å². The lowest BCUT2D eigenvalue weighted by Crippen LogP contribution is -2.34. The molecule has 0 aliphatic carbocycles. The fraction of sp³-hybridized carbons (Fsp3) is 0.391. The fourth-order valence-electron chi connectivity index (χ4n) is 3.99. The van der Waals surface area contributed by atoms with Crippen molar-refractivity contribution in [1.29, 1.82) is 0 Å². The van der Waals surface area contributed by atoms with Crippen LogP contribution in [0, 0.1) is 5.41 Å². The van der Waals surface area contributed by atoms with E-state index < -0.39 is 0 Å². The van der Waals surface area contributed by atoms with Crippen LogP contribution >= 0.6 is 0 Å². The number of para-hydroxylation sites is 1. The topological polar surface area (TPSA) is 3.24 Å². The Balaban J connectivity index is 2.10. The van der Waals surface area contributed by atoms with Crippen molar-refractivity contribution >= 4 is 5.69 Å². The summed E-state index contributed by atoms with van der Waals surface area (Å²) in [5.74, 6) is 0.596. The van der Waals surface area contributed by atoms with E-state index in [1.165, 1.54) is 28.8 Å². The second-order valence-corrected chi connectivity index (χ2v) is 8.11. The third kappa shape index (κ3) is 3.26. The van der Waals surface area contributed by atoms with Crippen molar-refractivity contribution in [2.75, 3.05) is 11.4 Å². The summed E-state index contributed by atoms with van der Waals surface area (Å²) in [7, 11) is 0. The minimum Gasteiger partial charge on any atom is -0.346 e. The van der Waals surface area contributed by atoms with Gasteiger partial charge in [-0.05, 0) is 47.8 Å². The highest BCUT2D eigenvalue weighted by molar-refractivity contribution is 5.66. The second-order valence-electron chi connectivity index (χ2n) is 8.11. The zero-order valence-electron chi connectivity index (χ0n) is 15.5. The van der Waals surface area contributed by atoms with Crippen molar-refractivity contribution in [1.82, 2.24) is 0 Å². The minimum atomic E-state index is 0.279. The molecule has 1 heterocycles. The summed E-state index contributed by atoms with van der Waals surface area (Å²) in [6.07, 6.45) is 2.17. The van der Waals surface area contributed by atoms with E-state index >= 15 is 0 Å². The van der Waals surface area contributed by atoms with E-state index in [0.29, 0.717) is 5.92 Å². The maximum Gasteiger partial charge on any atom is 0.0479 e. The van der Waals surface area contributed by atoms with E-state index in [9.17, 15) is 0 Å². The van der Waals surface area contributed by atoms with Gasteiger partial charge in [0.25, 0.3) is 0 Å². The number of rotatable bonds is 3. The molecule has 2 aromatic carbocycles. The Bertz CT molecular complexity index is 721. The molecule has 0 N–H and O–H groups in total. The summed E-state index contributed by atoms with van der Waals surface area (Å²) in [6.45, 7) is 14.5. The molecule has 0 fully saturated rings. The van der Waals surface area contributed by atoms with Gasteiger partial charge in [0.2, 0.25) is 0 Å². The van der Waals surface area contributed by atoms with Crippen molar-refractivity contribution < 1.29 is 0 Å². The van der Waals surface area contributed by atoms with Crippen LogP contribution in [0.25, 0.3) is 0 Å². The van der Waals surface area contributed by atoms with Crippen molar-refractivity contribution in [3.05, 3.63) is 77.5 Å². The predicted octanol–water partition coefficient (Wildman–Crippen LogP) is 6.15. The molecule has 0 aromatic heterocycles. The first-order valence-electron chi connectivity index (χ1n) is 8.96. The summed E-state index contributed by atoms with van der Waals surface area (Å²) in [5.41, 5.74) is 7.09. The molecule has 0 saturated carbocycles. The summed E-state index contributed by atoms with van der Waals surface area (Å²) in [5, 5.41) is 0. The normalized spacial score (nSPS) is 17.5. The van der Waals surface area contributed by atoms with Crippen LogP contribution < -0.4 is 4.90 Å². The molecule has 3 rings (SSSR count). The molecule has 126 valence electrons. The predicted molar refractivity (Wildman–Crippen MR) is 105 cm³/mol. The Hall–Kier alpha value is -2.02. The Morgan fingerprint density at radius 2 is 1.79 bits per heavy atom. The second kappa shape index (κ2) is 6.47. The smallest absolute Gasteiger partial charge is 0.0479 e. The highest BCUT2D eigenvalue weighted by Crippen LogP contribution is 2.47. The molecule has 0 spiro atoms. The van der Waals surface area contributed by atoms with Gasteiger partial charge in [-0.2, -0.15) is 0 Å². The molecule has 24 heavy (non-hydrogen) atoms. The van der Waals surface area contributed by atoms with Crippen molar-refractivity contribution in [2.45, 2.75) is 46.5 Å². The largest absolute Gasteiger partial charge is 0.346 e. The van der Waals surface area contributed by atoms with E-state index in [0.717, 1.165) is 18.7 Å². The maximum absolute atomic E-state index is 4.24. The molecule has 0 bridgehead atoms. The molecular weight excluding hydrogens is 290 g/mol. The number of hydrogen-bond donors (Lipinski definition) is 0. The first-order chi connectivity index (χ1) is 11.4. The highest BCUT2D eigenvalue weighted by Gasteiger charge is 2.34. The third-order valence-corrected chi connectivity index (χ3v) is 5.18. The van der Waals surface area contributed by atoms with Crippen LogP contribution in [-0.4, -0.2) is 6.54 Å². The van der Waals surface area contributed by atoms with Crippen molar-refractivity contribution in [2.24, 2.45) is 5.41 Å². The Morgan fingerprint density at radius 3 is 2.42 bits per heavy atom. The monoisotopic (exact) mass is 319 g/mol. The number of allylic oxidation sites excluding steroid dienone is 1. The SMILES string of the molecule is C=C(C)N1CCC(C(C)(C)C)c2cccc(Cc3ccccc3)c21. The molecule has 1 heteroatoms. The average Bonchev–Trinajstić information content (AvgIpc) is 2.54. The summed E-state index contributed by atoms with van der Waals surface area (Å²) in [6, 6.07) is 17.6. The van der Waals surface area contributed by atoms with Crippen LogP contribution in [-0.2, 0) is 6.42 Å². The Labute approximate surface area is 147 Å². The quantitative estimate of drug-likeness (QED) is 0.655. The van der Waals surface area contributed by atoms with Gasteiger partial charge in [-0.25, -0.2) is 0 Å². The highest BCUT2D eigenvalue weighted by atomic mass is 15.1. The summed E-state index contributed by atoms with van der Waals surface area (Å²) in [4.78, 5) is 2.43. The minimum absolute atomic E-state index is 0.279. The van der Waals surface area contributed by atoms with Crippen LogP contribution in [0.15, 0.2) is 60.8 Å². The number of anilines is 1. The van der Waals surface area contributed by atoms with E-state index in [-0.39, 0.29) is 5.41 Å². The van der Waals surface area contributed by atoms with E-state index in [2.05, 4.69) is 87.7 Å². The number of nitrogens with zero attached hydrogens (tertiary/aromatic N) is 1. The van der Waals surface area contributed by atoms with E-state index in [4.69, 9.17) is 0 Å². The van der Waals surface area contributed by atoms with Gasteiger partial charge in [-0.15, -0.1) is 0 Å². The molecule has 2 aromatic rings. The first kappa shape index (κ1) is 16.8. The molecule has 1 aliphatic heterocycles. The molecular formula is C23H29N. The molecule has 1 nitrogen and oxygen atoms in total. The summed E-state index contributed by atoms with van der Waals surface area (Å²) < 4.78 is 0. The van der Waals surface area contributed by atoms with Gasteiger partial charge >= 0.3 is 0 Å². The summed E-state index contributed by atoms with van der Waals surface area (Å²) >= 11 is 0. The van der Waals surface area contributed by atoms with Crippen LogP contribution in [0.1, 0.15) is 56.7 Å². The van der Waals surface area contributed by atoms with Crippen LogP contribution in [0.4, 0.5) is 5.69 Å². The standard InChI is InChI=1S/C23H29N/c1-17(2)24-15-14-21(23(3,4)5)20-13-9-12-19(22(20)24)16-18-10-7-6-8-11-18/h6-13,21H,1,14-16H2,2-5H3. The van der Waals surface area contributed by atoms with E-state index in [1.807, 2.05) is 0 Å². The lowest BCUT2D eigenvalue weighted by atomic mass is 9.71. The fourth-order valence-corrected chi connectivity index (χ4v) is 3.99. The average molecular weight is 319 g/mol. The van der Waals surface area contributed by atoms with Crippen molar-refractivity contribution in [3.63, 3.8) is 0 Å². The molecule has 1 atom stereocenters. The molecule has 0 radical (unpaired) electrons. The first-order valence-corrected chi connectivity index (χ1v) is 8.96. The van der Waals surface area contributed by atoms with Gasteiger partial charge in [0.15, 0.2) is 0 Å². The zero-order chi connectivity index (χ0) is 17.3. The van der Waals surface area contributed by atoms with Gasteiger partial charge in [0.1, 0.15) is 0 Å². The third-order valence-electron chi connectivity index (χ3n) is 5.18. The number of benzene rings is 2. The molecule has 0 saturated heterocycles. The van der Waals surface area contributed by atoms with Gasteiger partial charge in [0.05, 0.1) is 0 Å². The maximum atomic E-state index is 4.24. The Kier molecular flexibility index (Phi) is 4.54. The van der Waals surface area contributed by atoms with Gasteiger partial charge in [-0.3, -0.25) is 0 Å². The van der Waals surface area contributed by atoms with Crippen molar-refractivity contribution in [3.8, 4) is 0 Å². The molecule has 1 aliphatic rings. The lowest BCUT2D eigenvalue weighted by molar-refractivity contribution is 0.300. The van der Waals surface area contributed by atoms with E-state index in [1.54, 1.807) is 0 Å². The van der Waals surface area contributed by atoms with Crippen LogP contribution in [0.3, 0.4) is 0 Å². The molecule has 1 unspecified atom stereocenters. The number of hydrogen-bond acceptors (Lipinski definition) is 1.